The highest BCUT2D eigenvalue weighted by molar-refractivity contribution is 5.86. The summed E-state index contributed by atoms with van der Waals surface area (Å²) in [5.74, 6) is -12.7. The predicted octanol–water partition coefficient (Wildman–Crippen LogP) is 0.242. The van der Waals surface area contributed by atoms with Gasteiger partial charge in [0.1, 0.15) is 0 Å². The lowest BCUT2D eigenvalue weighted by atomic mass is 9.38. The molecule has 8 atom stereocenters. The molecule has 2 bridgehead atoms. The molecule has 2 fully saturated rings. The molecule has 0 aromatic heterocycles. The van der Waals surface area contributed by atoms with Crippen LogP contribution < -0.4 is 0 Å². The minimum Gasteiger partial charge on any atom is -0.481 e. The molecule has 0 aromatic carbocycles. The number of fused-ring (bicyclic) bond motifs is 1. The fraction of sp³-hybridized carbons (Fsp3) is 0.600. The Bertz CT molecular complexity index is 650. The van der Waals surface area contributed by atoms with E-state index in [2.05, 4.69) is 0 Å². The fourth-order valence-electron chi connectivity index (χ4n) is 5.19. The highest BCUT2D eigenvalue weighted by Crippen LogP contribution is 2.66. The number of rotatable bonds is 4. The Morgan fingerprint density at radius 3 is 1.61 bits per heavy atom. The van der Waals surface area contributed by atoms with E-state index in [4.69, 9.17) is 0 Å². The van der Waals surface area contributed by atoms with Gasteiger partial charge in [0.2, 0.25) is 0 Å². The predicted molar refractivity (Wildman–Crippen MR) is 72.2 cm³/mol. The van der Waals surface area contributed by atoms with E-state index in [1.165, 1.54) is 0 Å². The summed E-state index contributed by atoms with van der Waals surface area (Å²) in [6.45, 7) is 1.66. The fourth-order valence-corrected chi connectivity index (χ4v) is 5.19. The van der Waals surface area contributed by atoms with Crippen LogP contribution in [0.2, 0.25) is 0 Å². The van der Waals surface area contributed by atoms with E-state index in [1.54, 1.807) is 13.0 Å². The van der Waals surface area contributed by atoms with Crippen molar-refractivity contribution in [3.8, 4) is 0 Å². The zero-order valence-electron chi connectivity index (χ0n) is 12.1. The zero-order chi connectivity index (χ0) is 17.2. The number of hydrogen-bond donors (Lipinski definition) is 4. The molecule has 4 aliphatic carbocycles. The monoisotopic (exact) mass is 324 g/mol. The highest BCUT2D eigenvalue weighted by Gasteiger charge is 2.71. The number of aliphatic carboxylic acids is 4. The van der Waals surface area contributed by atoms with Gasteiger partial charge in [-0.25, -0.2) is 0 Å². The topological polar surface area (TPSA) is 149 Å². The van der Waals surface area contributed by atoms with E-state index in [0.29, 0.717) is 5.57 Å². The zero-order valence-corrected chi connectivity index (χ0v) is 12.1. The first-order chi connectivity index (χ1) is 10.7. The second kappa shape index (κ2) is 4.81. The number of carbonyl (C=O) groups is 4. The van der Waals surface area contributed by atoms with Crippen LogP contribution in [-0.4, -0.2) is 44.3 Å². The van der Waals surface area contributed by atoms with Gasteiger partial charge in [0, 0.05) is 0 Å². The second-order valence-corrected chi connectivity index (χ2v) is 6.62. The van der Waals surface area contributed by atoms with E-state index in [-0.39, 0.29) is 0 Å². The number of carboxylic acids is 4. The van der Waals surface area contributed by atoms with Crippen LogP contribution in [-0.2, 0) is 19.2 Å². The molecular formula is C15H16O8. The molecule has 4 rings (SSSR count). The molecule has 124 valence electrons. The van der Waals surface area contributed by atoms with Gasteiger partial charge in [-0.2, -0.15) is 0 Å². The molecule has 8 nitrogen and oxygen atoms in total. The SMILES string of the molecule is CC1=C[C@H]2[C@H](C(=O)O)[C@H](C(=O)O)[C@H]1[C@@H]1[C@H](C(=O)O)[C@@H](C(=O)O)[C@@H]21. The quantitative estimate of drug-likeness (QED) is 0.537. The van der Waals surface area contributed by atoms with Crippen LogP contribution in [0.5, 0.6) is 0 Å². The van der Waals surface area contributed by atoms with Crippen molar-refractivity contribution in [3.05, 3.63) is 11.6 Å². The van der Waals surface area contributed by atoms with Crippen LogP contribution in [0.25, 0.3) is 0 Å². The minimum absolute atomic E-state index is 0.639. The molecule has 0 saturated heterocycles. The van der Waals surface area contributed by atoms with Crippen molar-refractivity contribution in [1.82, 2.24) is 0 Å². The Morgan fingerprint density at radius 2 is 1.17 bits per heavy atom. The van der Waals surface area contributed by atoms with Crippen LogP contribution >= 0.6 is 0 Å². The Morgan fingerprint density at radius 1 is 0.739 bits per heavy atom. The summed E-state index contributed by atoms with van der Waals surface area (Å²) in [4.78, 5) is 46.1. The van der Waals surface area contributed by atoms with Crippen molar-refractivity contribution >= 4 is 23.9 Å². The van der Waals surface area contributed by atoms with E-state index in [9.17, 15) is 39.6 Å². The minimum atomic E-state index is -1.28. The van der Waals surface area contributed by atoms with Crippen molar-refractivity contribution in [1.29, 1.82) is 0 Å². The summed E-state index contributed by atoms with van der Waals surface area (Å²) in [6.07, 6.45) is 1.64. The van der Waals surface area contributed by atoms with E-state index in [0.717, 1.165) is 0 Å². The van der Waals surface area contributed by atoms with Gasteiger partial charge in [0.25, 0.3) is 0 Å². The van der Waals surface area contributed by atoms with E-state index in [1.807, 2.05) is 0 Å². The third kappa shape index (κ3) is 1.83. The molecule has 0 spiro atoms. The molecule has 0 unspecified atom stereocenters. The summed E-state index contributed by atoms with van der Waals surface area (Å²) in [7, 11) is 0. The molecule has 4 aliphatic rings. The summed E-state index contributed by atoms with van der Waals surface area (Å²) in [5, 5.41) is 37.6. The molecule has 0 aliphatic heterocycles. The first kappa shape index (κ1) is 15.5. The molecule has 2 saturated carbocycles. The lowest BCUT2D eigenvalue weighted by molar-refractivity contribution is -0.207. The van der Waals surface area contributed by atoms with Crippen molar-refractivity contribution in [3.63, 3.8) is 0 Å². The van der Waals surface area contributed by atoms with Crippen LogP contribution in [0.15, 0.2) is 11.6 Å². The first-order valence-corrected chi connectivity index (χ1v) is 7.28. The molecule has 0 amide bonds. The number of allylic oxidation sites excluding steroid dienone is 2. The van der Waals surface area contributed by atoms with Crippen molar-refractivity contribution < 1.29 is 39.6 Å². The first-order valence-electron chi connectivity index (χ1n) is 7.28. The number of hydrogen-bond acceptors (Lipinski definition) is 4. The van der Waals surface area contributed by atoms with Crippen LogP contribution in [0, 0.1) is 47.3 Å². The lowest BCUT2D eigenvalue weighted by Gasteiger charge is -2.63. The van der Waals surface area contributed by atoms with E-state index >= 15 is 0 Å². The molecule has 0 radical (unpaired) electrons. The third-order valence-corrected chi connectivity index (χ3v) is 5.83. The van der Waals surface area contributed by atoms with Gasteiger partial charge in [0.05, 0.1) is 23.7 Å². The van der Waals surface area contributed by atoms with Gasteiger partial charge in [-0.1, -0.05) is 11.6 Å². The summed E-state index contributed by atoms with van der Waals surface area (Å²) >= 11 is 0. The Labute approximate surface area is 130 Å². The van der Waals surface area contributed by atoms with E-state index < -0.39 is 71.2 Å². The average molecular weight is 324 g/mol. The Balaban J connectivity index is 2.12. The summed E-state index contributed by atoms with van der Waals surface area (Å²) in [6, 6.07) is 0. The lowest BCUT2D eigenvalue weighted by Crippen LogP contribution is -2.68. The Kier molecular flexibility index (Phi) is 3.24. The maximum absolute atomic E-state index is 11.6. The smallest absolute Gasteiger partial charge is 0.308 e. The largest absolute Gasteiger partial charge is 0.481 e. The third-order valence-electron chi connectivity index (χ3n) is 5.83. The van der Waals surface area contributed by atoms with Gasteiger partial charge in [-0.05, 0) is 30.6 Å². The average Bonchev–Trinajstić information content (AvgIpc) is 2.36. The second-order valence-electron chi connectivity index (χ2n) is 6.62. The van der Waals surface area contributed by atoms with Gasteiger partial charge < -0.3 is 20.4 Å². The standard InChI is InChI=1S/C15H16O8/c1-3-2-4-6-8(11(15(22)23)10(6)14(20)21)5(3)9(13(18)19)7(4)12(16)17/h2,4-11H,1H3,(H,16,17)(H,18,19)(H,20,21)(H,22,23)/t4-,5-,6+,7+,8+,9-,10+,11+/m1/s1. The van der Waals surface area contributed by atoms with Gasteiger partial charge in [-0.15, -0.1) is 0 Å². The Hall–Kier alpha value is -2.38. The van der Waals surface area contributed by atoms with Gasteiger partial charge in [-0.3, -0.25) is 19.2 Å². The normalized spacial score (nSPS) is 43.8. The molecule has 4 N–H and O–H groups in total. The summed E-state index contributed by atoms with van der Waals surface area (Å²) < 4.78 is 0. The van der Waals surface area contributed by atoms with Gasteiger partial charge in [0.15, 0.2) is 0 Å². The van der Waals surface area contributed by atoms with Crippen LogP contribution in [0.1, 0.15) is 6.92 Å². The maximum Gasteiger partial charge on any atom is 0.308 e. The van der Waals surface area contributed by atoms with Gasteiger partial charge >= 0.3 is 23.9 Å². The van der Waals surface area contributed by atoms with Crippen molar-refractivity contribution in [2.45, 2.75) is 6.92 Å². The maximum atomic E-state index is 11.6. The molecule has 0 heterocycles. The van der Waals surface area contributed by atoms with Crippen molar-refractivity contribution in [2.75, 3.05) is 0 Å². The number of carboxylic acid groups (broad SMARTS) is 4. The highest BCUT2D eigenvalue weighted by atomic mass is 16.4. The molecule has 8 heteroatoms. The molecule has 0 aromatic rings. The summed E-state index contributed by atoms with van der Waals surface area (Å²) in [5.41, 5.74) is 0.649. The van der Waals surface area contributed by atoms with Crippen molar-refractivity contribution in [2.24, 2.45) is 47.3 Å². The van der Waals surface area contributed by atoms with Crippen LogP contribution in [0.3, 0.4) is 0 Å². The van der Waals surface area contributed by atoms with Crippen LogP contribution in [0.4, 0.5) is 0 Å². The molecule has 23 heavy (non-hydrogen) atoms. The molecular weight excluding hydrogens is 308 g/mol.